The number of hydrogen-bond acceptors (Lipinski definition) is 2. The lowest BCUT2D eigenvalue weighted by molar-refractivity contribution is 0.176. The van der Waals surface area contributed by atoms with E-state index in [0.29, 0.717) is 16.7 Å². The minimum Gasteiger partial charge on any atom is -0.494 e. The molecule has 2 rings (SSSR count). The van der Waals surface area contributed by atoms with Crippen molar-refractivity contribution < 1.29 is 18.6 Å². The van der Waals surface area contributed by atoms with Crippen LogP contribution in [0.4, 0.5) is 8.78 Å². The van der Waals surface area contributed by atoms with Crippen LogP contribution in [0.3, 0.4) is 0 Å². The molecule has 0 amide bonds. The van der Waals surface area contributed by atoms with Crippen LogP contribution in [0, 0.1) is 18.6 Å². The Balaban J connectivity index is 2.23. The van der Waals surface area contributed by atoms with E-state index in [9.17, 15) is 13.9 Å². The molecule has 0 radical (unpaired) electrons. The highest BCUT2D eigenvalue weighted by Gasteiger charge is 2.15. The Labute approximate surface area is 116 Å². The van der Waals surface area contributed by atoms with Gasteiger partial charge in [-0.2, -0.15) is 0 Å². The summed E-state index contributed by atoms with van der Waals surface area (Å²) in [7, 11) is 1.39. The van der Waals surface area contributed by atoms with Crippen LogP contribution in [0.2, 0.25) is 0 Å². The molecule has 0 aliphatic carbocycles. The molecule has 0 spiro atoms. The first kappa shape index (κ1) is 14.5. The molecule has 1 atom stereocenters. The first-order chi connectivity index (χ1) is 9.52. The molecule has 2 nitrogen and oxygen atoms in total. The van der Waals surface area contributed by atoms with Gasteiger partial charge in [0.1, 0.15) is 5.82 Å². The largest absolute Gasteiger partial charge is 0.494 e. The molecule has 106 valence electrons. The standard InChI is InChI=1S/C16H16F2O2/c1-10-8-11(6-7-13(10)17)14(19)9-12-4-3-5-15(20-2)16(12)18/h3-8,14,19H,9H2,1-2H3. The summed E-state index contributed by atoms with van der Waals surface area (Å²) in [6.45, 7) is 1.62. The summed E-state index contributed by atoms with van der Waals surface area (Å²) >= 11 is 0. The maximum atomic E-state index is 14.0. The lowest BCUT2D eigenvalue weighted by atomic mass is 9.99. The molecule has 20 heavy (non-hydrogen) atoms. The van der Waals surface area contributed by atoms with E-state index in [4.69, 9.17) is 4.74 Å². The van der Waals surface area contributed by atoms with Crippen LogP contribution in [-0.2, 0) is 6.42 Å². The fraction of sp³-hybridized carbons (Fsp3) is 0.250. The summed E-state index contributed by atoms with van der Waals surface area (Å²) in [5.74, 6) is -0.661. The second-order valence-electron chi connectivity index (χ2n) is 4.66. The zero-order chi connectivity index (χ0) is 14.7. The van der Waals surface area contributed by atoms with Crippen LogP contribution >= 0.6 is 0 Å². The number of halogens is 2. The number of rotatable bonds is 4. The van der Waals surface area contributed by atoms with Crippen LogP contribution in [-0.4, -0.2) is 12.2 Å². The van der Waals surface area contributed by atoms with E-state index in [2.05, 4.69) is 0 Å². The predicted molar refractivity (Wildman–Crippen MR) is 72.8 cm³/mol. The van der Waals surface area contributed by atoms with Gasteiger partial charge in [0.25, 0.3) is 0 Å². The topological polar surface area (TPSA) is 29.5 Å². The fourth-order valence-electron chi connectivity index (χ4n) is 2.07. The normalized spacial score (nSPS) is 12.2. The molecule has 0 bridgehead atoms. The second-order valence-corrected chi connectivity index (χ2v) is 4.66. The summed E-state index contributed by atoms with van der Waals surface area (Å²) < 4.78 is 32.1. The average molecular weight is 278 g/mol. The van der Waals surface area contributed by atoms with E-state index in [1.165, 1.54) is 25.3 Å². The van der Waals surface area contributed by atoms with E-state index in [1.807, 2.05) is 0 Å². The molecule has 0 aliphatic rings. The van der Waals surface area contributed by atoms with Crippen LogP contribution in [0.15, 0.2) is 36.4 Å². The number of ether oxygens (including phenoxy) is 1. The third-order valence-corrected chi connectivity index (χ3v) is 3.24. The molecule has 1 N–H and O–H groups in total. The summed E-state index contributed by atoms with van der Waals surface area (Å²) in [4.78, 5) is 0. The van der Waals surface area contributed by atoms with E-state index in [1.54, 1.807) is 25.1 Å². The number of hydrogen-bond donors (Lipinski definition) is 1. The molecule has 0 heterocycles. The van der Waals surface area contributed by atoms with Gasteiger partial charge in [-0.1, -0.05) is 24.3 Å². The third-order valence-electron chi connectivity index (χ3n) is 3.24. The van der Waals surface area contributed by atoms with E-state index in [0.717, 1.165) is 0 Å². The van der Waals surface area contributed by atoms with Gasteiger partial charge >= 0.3 is 0 Å². The maximum absolute atomic E-state index is 14.0. The van der Waals surface area contributed by atoms with Crippen LogP contribution in [0.25, 0.3) is 0 Å². The van der Waals surface area contributed by atoms with Crippen LogP contribution < -0.4 is 4.74 Å². The fourth-order valence-corrected chi connectivity index (χ4v) is 2.07. The van der Waals surface area contributed by atoms with Crippen molar-refractivity contribution in [2.24, 2.45) is 0 Å². The van der Waals surface area contributed by atoms with Gasteiger partial charge in [0.05, 0.1) is 13.2 Å². The van der Waals surface area contributed by atoms with E-state index < -0.39 is 11.9 Å². The van der Waals surface area contributed by atoms with Crippen molar-refractivity contribution in [1.82, 2.24) is 0 Å². The highest BCUT2D eigenvalue weighted by molar-refractivity contribution is 5.33. The average Bonchev–Trinajstić information content (AvgIpc) is 2.44. The number of aliphatic hydroxyl groups is 1. The minimum absolute atomic E-state index is 0.105. The Hall–Kier alpha value is -1.94. The molecular formula is C16H16F2O2. The molecule has 2 aromatic rings. The SMILES string of the molecule is COc1cccc(CC(O)c2ccc(F)c(C)c2)c1F. The molecular weight excluding hydrogens is 262 g/mol. The zero-order valence-electron chi connectivity index (χ0n) is 11.4. The lowest BCUT2D eigenvalue weighted by Crippen LogP contribution is -2.05. The Morgan fingerprint density at radius 3 is 2.60 bits per heavy atom. The maximum Gasteiger partial charge on any atom is 0.168 e. The van der Waals surface area contributed by atoms with Crippen molar-refractivity contribution in [1.29, 1.82) is 0 Å². The molecule has 0 aromatic heterocycles. The molecule has 0 saturated heterocycles. The predicted octanol–water partition coefficient (Wildman–Crippen LogP) is 3.56. The van der Waals surface area contributed by atoms with Crippen molar-refractivity contribution in [3.8, 4) is 5.75 Å². The van der Waals surface area contributed by atoms with Gasteiger partial charge < -0.3 is 9.84 Å². The number of methoxy groups -OCH3 is 1. The van der Waals surface area contributed by atoms with Crippen LogP contribution in [0.1, 0.15) is 22.8 Å². The smallest absolute Gasteiger partial charge is 0.168 e. The van der Waals surface area contributed by atoms with Gasteiger partial charge in [-0.15, -0.1) is 0 Å². The molecule has 1 unspecified atom stereocenters. The van der Waals surface area contributed by atoms with Crippen molar-refractivity contribution >= 4 is 0 Å². The Bertz CT molecular complexity index is 611. The quantitative estimate of drug-likeness (QED) is 0.926. The van der Waals surface area contributed by atoms with Gasteiger partial charge in [-0.25, -0.2) is 8.78 Å². The summed E-state index contributed by atoms with van der Waals surface area (Å²) in [6, 6.07) is 9.16. The monoisotopic (exact) mass is 278 g/mol. The summed E-state index contributed by atoms with van der Waals surface area (Å²) in [6.07, 6.45) is -0.787. The third kappa shape index (κ3) is 2.96. The Morgan fingerprint density at radius 2 is 1.95 bits per heavy atom. The van der Waals surface area contributed by atoms with Gasteiger partial charge in [0.15, 0.2) is 11.6 Å². The number of aryl methyl sites for hydroxylation is 1. The van der Waals surface area contributed by atoms with Crippen molar-refractivity contribution in [3.05, 3.63) is 64.7 Å². The van der Waals surface area contributed by atoms with E-state index >= 15 is 0 Å². The van der Waals surface area contributed by atoms with Crippen LogP contribution in [0.5, 0.6) is 5.75 Å². The van der Waals surface area contributed by atoms with E-state index in [-0.39, 0.29) is 18.0 Å². The van der Waals surface area contributed by atoms with Crippen molar-refractivity contribution in [3.63, 3.8) is 0 Å². The van der Waals surface area contributed by atoms with Crippen molar-refractivity contribution in [2.75, 3.05) is 7.11 Å². The lowest BCUT2D eigenvalue weighted by Gasteiger charge is -2.14. The Morgan fingerprint density at radius 1 is 1.20 bits per heavy atom. The van der Waals surface area contributed by atoms with Gasteiger partial charge in [-0.3, -0.25) is 0 Å². The number of benzene rings is 2. The highest BCUT2D eigenvalue weighted by atomic mass is 19.1. The first-order valence-electron chi connectivity index (χ1n) is 6.28. The van der Waals surface area contributed by atoms with Gasteiger partial charge in [-0.05, 0) is 35.7 Å². The number of aliphatic hydroxyl groups excluding tert-OH is 1. The molecule has 2 aromatic carbocycles. The molecule has 0 fully saturated rings. The zero-order valence-corrected chi connectivity index (χ0v) is 11.4. The molecule has 0 aliphatic heterocycles. The first-order valence-corrected chi connectivity index (χ1v) is 6.28. The molecule has 0 saturated carbocycles. The van der Waals surface area contributed by atoms with Crippen molar-refractivity contribution in [2.45, 2.75) is 19.4 Å². The highest BCUT2D eigenvalue weighted by Crippen LogP contribution is 2.25. The molecule has 4 heteroatoms. The van der Waals surface area contributed by atoms with Gasteiger partial charge in [0.2, 0.25) is 0 Å². The summed E-state index contributed by atoms with van der Waals surface area (Å²) in [5.41, 5.74) is 1.37. The minimum atomic E-state index is -0.893. The Kier molecular flexibility index (Phi) is 4.35. The summed E-state index contributed by atoms with van der Waals surface area (Å²) in [5, 5.41) is 10.1. The van der Waals surface area contributed by atoms with Gasteiger partial charge in [0, 0.05) is 6.42 Å². The second kappa shape index (κ2) is 6.01.